The minimum atomic E-state index is -0.317. The molecule has 1 aromatic rings. The van der Waals surface area contributed by atoms with Crippen molar-refractivity contribution in [2.24, 2.45) is 5.73 Å². The van der Waals surface area contributed by atoms with Gasteiger partial charge in [-0.25, -0.2) is 4.39 Å². The SMILES string of the molecule is Nc1ccc(C2CCC(N)C2)cc1F. The first kappa shape index (κ1) is 9.46. The van der Waals surface area contributed by atoms with Gasteiger partial charge in [-0.15, -0.1) is 0 Å². The number of rotatable bonds is 1. The zero-order valence-corrected chi connectivity index (χ0v) is 8.04. The topological polar surface area (TPSA) is 52.0 Å². The van der Waals surface area contributed by atoms with Gasteiger partial charge < -0.3 is 11.5 Å². The van der Waals surface area contributed by atoms with Crippen molar-refractivity contribution in [3.63, 3.8) is 0 Å². The number of hydrogen-bond donors (Lipinski definition) is 2. The molecule has 2 rings (SSSR count). The van der Waals surface area contributed by atoms with E-state index < -0.39 is 0 Å². The quantitative estimate of drug-likeness (QED) is 0.672. The van der Waals surface area contributed by atoms with E-state index in [1.807, 2.05) is 6.07 Å². The van der Waals surface area contributed by atoms with Gasteiger partial charge in [0.1, 0.15) is 5.82 Å². The highest BCUT2D eigenvalue weighted by molar-refractivity contribution is 5.42. The molecule has 1 aliphatic carbocycles. The summed E-state index contributed by atoms with van der Waals surface area (Å²) in [5, 5.41) is 0. The highest BCUT2D eigenvalue weighted by Crippen LogP contribution is 2.34. The molecule has 0 aliphatic heterocycles. The molecule has 0 amide bonds. The van der Waals surface area contributed by atoms with E-state index in [4.69, 9.17) is 11.5 Å². The van der Waals surface area contributed by atoms with E-state index in [2.05, 4.69) is 0 Å². The van der Waals surface area contributed by atoms with Gasteiger partial charge in [-0.2, -0.15) is 0 Å². The van der Waals surface area contributed by atoms with Crippen LogP contribution in [0.1, 0.15) is 30.7 Å². The first-order valence-corrected chi connectivity index (χ1v) is 4.97. The Bertz CT molecular complexity index is 338. The summed E-state index contributed by atoms with van der Waals surface area (Å²) in [6, 6.07) is 5.36. The average Bonchev–Trinajstić information content (AvgIpc) is 2.57. The molecule has 4 N–H and O–H groups in total. The van der Waals surface area contributed by atoms with Gasteiger partial charge in [-0.05, 0) is 42.9 Å². The van der Waals surface area contributed by atoms with Crippen molar-refractivity contribution in [3.8, 4) is 0 Å². The molecule has 0 aromatic heterocycles. The third-order valence-corrected chi connectivity index (χ3v) is 2.97. The lowest BCUT2D eigenvalue weighted by Crippen LogP contribution is -2.14. The van der Waals surface area contributed by atoms with Gasteiger partial charge in [-0.3, -0.25) is 0 Å². The molecule has 1 aromatic carbocycles. The molecule has 0 spiro atoms. The summed E-state index contributed by atoms with van der Waals surface area (Å²) in [5.74, 6) is 0.100. The second kappa shape index (κ2) is 3.58. The Morgan fingerprint density at radius 2 is 2.07 bits per heavy atom. The molecule has 1 saturated carbocycles. The van der Waals surface area contributed by atoms with E-state index in [0.717, 1.165) is 24.8 Å². The van der Waals surface area contributed by atoms with Crippen LogP contribution in [0.4, 0.5) is 10.1 Å². The molecule has 1 aliphatic rings. The third kappa shape index (κ3) is 1.73. The Kier molecular flexibility index (Phi) is 2.42. The first-order chi connectivity index (χ1) is 6.66. The van der Waals surface area contributed by atoms with Crippen molar-refractivity contribution >= 4 is 5.69 Å². The van der Waals surface area contributed by atoms with Crippen LogP contribution in [-0.4, -0.2) is 6.04 Å². The molecule has 0 bridgehead atoms. The number of nitrogen functional groups attached to an aromatic ring is 1. The standard InChI is InChI=1S/C11H15FN2/c12-10-6-8(2-4-11(10)14)7-1-3-9(13)5-7/h2,4,6-7,9H,1,3,5,13-14H2. The van der Waals surface area contributed by atoms with Crippen LogP contribution >= 0.6 is 0 Å². The van der Waals surface area contributed by atoms with Gasteiger partial charge in [0.2, 0.25) is 0 Å². The third-order valence-electron chi connectivity index (χ3n) is 2.97. The van der Waals surface area contributed by atoms with Crippen molar-refractivity contribution in [1.82, 2.24) is 0 Å². The fourth-order valence-electron chi connectivity index (χ4n) is 2.12. The maximum absolute atomic E-state index is 13.2. The smallest absolute Gasteiger partial charge is 0.146 e. The molecular weight excluding hydrogens is 179 g/mol. The van der Waals surface area contributed by atoms with Crippen molar-refractivity contribution in [1.29, 1.82) is 0 Å². The van der Waals surface area contributed by atoms with Crippen molar-refractivity contribution in [3.05, 3.63) is 29.6 Å². The maximum Gasteiger partial charge on any atom is 0.146 e. The summed E-state index contributed by atoms with van der Waals surface area (Å²) in [4.78, 5) is 0. The van der Waals surface area contributed by atoms with Crippen LogP contribution in [0.25, 0.3) is 0 Å². The molecule has 2 nitrogen and oxygen atoms in total. The van der Waals surface area contributed by atoms with E-state index in [0.29, 0.717) is 5.92 Å². The normalized spacial score (nSPS) is 26.7. The molecule has 2 atom stereocenters. The number of nitrogens with two attached hydrogens (primary N) is 2. The van der Waals surface area contributed by atoms with Crippen LogP contribution in [0.15, 0.2) is 18.2 Å². The summed E-state index contributed by atoms with van der Waals surface area (Å²) in [5.41, 5.74) is 12.5. The first-order valence-electron chi connectivity index (χ1n) is 4.97. The second-order valence-electron chi connectivity index (χ2n) is 4.05. The predicted octanol–water partition coefficient (Wildman–Crippen LogP) is 2.00. The Balaban J connectivity index is 2.20. The Morgan fingerprint density at radius 3 is 2.64 bits per heavy atom. The van der Waals surface area contributed by atoms with E-state index in [1.165, 1.54) is 6.07 Å². The highest BCUT2D eigenvalue weighted by atomic mass is 19.1. The minimum absolute atomic E-state index is 0.219. The van der Waals surface area contributed by atoms with Crippen molar-refractivity contribution in [2.75, 3.05) is 5.73 Å². The van der Waals surface area contributed by atoms with Gasteiger partial charge >= 0.3 is 0 Å². The summed E-state index contributed by atoms with van der Waals surface area (Å²) in [7, 11) is 0. The van der Waals surface area contributed by atoms with Crippen molar-refractivity contribution < 1.29 is 4.39 Å². The number of benzene rings is 1. The van der Waals surface area contributed by atoms with Crippen molar-refractivity contribution in [2.45, 2.75) is 31.2 Å². The average molecular weight is 194 g/mol. The summed E-state index contributed by atoms with van der Waals surface area (Å²) < 4.78 is 13.2. The fourth-order valence-corrected chi connectivity index (χ4v) is 2.12. The molecule has 3 heteroatoms. The lowest BCUT2D eigenvalue weighted by Gasteiger charge is -2.10. The molecule has 0 radical (unpaired) electrons. The molecule has 14 heavy (non-hydrogen) atoms. The summed E-state index contributed by atoms with van der Waals surface area (Å²) in [6.07, 6.45) is 3.06. The van der Waals surface area contributed by atoms with Crippen LogP contribution in [-0.2, 0) is 0 Å². The number of anilines is 1. The predicted molar refractivity (Wildman–Crippen MR) is 55.4 cm³/mol. The van der Waals surface area contributed by atoms with Gasteiger partial charge in [0.05, 0.1) is 5.69 Å². The summed E-state index contributed by atoms with van der Waals surface area (Å²) >= 11 is 0. The van der Waals surface area contributed by atoms with Crippen LogP contribution in [0, 0.1) is 5.82 Å². The molecule has 2 unspecified atom stereocenters. The van der Waals surface area contributed by atoms with E-state index in [9.17, 15) is 4.39 Å². The monoisotopic (exact) mass is 194 g/mol. The van der Waals surface area contributed by atoms with Gasteiger partial charge in [0.15, 0.2) is 0 Å². The molecule has 1 fully saturated rings. The van der Waals surface area contributed by atoms with Gasteiger partial charge in [0, 0.05) is 6.04 Å². The molecule has 76 valence electrons. The fraction of sp³-hybridized carbons (Fsp3) is 0.455. The molecular formula is C11H15FN2. The Hall–Kier alpha value is -1.09. The van der Waals surface area contributed by atoms with Crippen LogP contribution in [0.3, 0.4) is 0 Å². The van der Waals surface area contributed by atoms with Crippen LogP contribution in [0.2, 0.25) is 0 Å². The zero-order chi connectivity index (χ0) is 10.1. The van der Waals surface area contributed by atoms with E-state index >= 15 is 0 Å². The van der Waals surface area contributed by atoms with E-state index in [1.54, 1.807) is 6.07 Å². The molecule has 0 saturated heterocycles. The lowest BCUT2D eigenvalue weighted by atomic mass is 9.97. The van der Waals surface area contributed by atoms with Gasteiger partial charge in [0.25, 0.3) is 0 Å². The lowest BCUT2D eigenvalue weighted by molar-refractivity contribution is 0.621. The van der Waals surface area contributed by atoms with E-state index in [-0.39, 0.29) is 17.5 Å². The Morgan fingerprint density at radius 1 is 1.29 bits per heavy atom. The van der Waals surface area contributed by atoms with Gasteiger partial charge in [-0.1, -0.05) is 6.07 Å². The molecule has 0 heterocycles. The van der Waals surface area contributed by atoms with Crippen LogP contribution < -0.4 is 11.5 Å². The minimum Gasteiger partial charge on any atom is -0.396 e. The zero-order valence-electron chi connectivity index (χ0n) is 8.04. The largest absolute Gasteiger partial charge is 0.396 e. The van der Waals surface area contributed by atoms with Crippen LogP contribution in [0.5, 0.6) is 0 Å². The second-order valence-corrected chi connectivity index (χ2v) is 4.05. The number of halogens is 1. The Labute approximate surface area is 83.1 Å². The number of hydrogen-bond acceptors (Lipinski definition) is 2. The highest BCUT2D eigenvalue weighted by Gasteiger charge is 2.23. The maximum atomic E-state index is 13.2. The summed E-state index contributed by atoms with van der Waals surface area (Å²) in [6.45, 7) is 0.